The number of hydrogen-bond acceptors (Lipinski definition) is 2. The highest BCUT2D eigenvalue weighted by Gasteiger charge is 2.17. The Morgan fingerprint density at radius 1 is 1.11 bits per heavy atom. The van der Waals surface area contributed by atoms with Gasteiger partial charge in [-0.1, -0.05) is 6.07 Å². The fourth-order valence-electron chi connectivity index (χ4n) is 1.74. The van der Waals surface area contributed by atoms with E-state index in [4.69, 9.17) is 0 Å². The van der Waals surface area contributed by atoms with E-state index in [1.165, 1.54) is 6.07 Å². The number of benzene rings is 1. The highest BCUT2D eigenvalue weighted by Crippen LogP contribution is 2.16. The van der Waals surface area contributed by atoms with Crippen molar-refractivity contribution < 1.29 is 13.6 Å². The van der Waals surface area contributed by atoms with Crippen molar-refractivity contribution in [2.45, 2.75) is 45.8 Å². The van der Waals surface area contributed by atoms with E-state index in [1.807, 2.05) is 13.8 Å². The third-order valence-corrected chi connectivity index (χ3v) is 2.77. The Bertz CT molecular complexity index is 449. The number of hydrogen-bond donors (Lipinski definition) is 2. The second kappa shape index (κ2) is 6.61. The molecule has 0 radical (unpaired) electrons. The first-order chi connectivity index (χ1) is 8.81. The minimum Gasteiger partial charge on any atom is -0.353 e. The van der Waals surface area contributed by atoms with E-state index in [2.05, 4.69) is 10.6 Å². The van der Waals surface area contributed by atoms with E-state index < -0.39 is 17.7 Å². The van der Waals surface area contributed by atoms with Crippen molar-refractivity contribution in [2.75, 3.05) is 0 Å². The molecule has 3 nitrogen and oxygen atoms in total. The van der Waals surface area contributed by atoms with Crippen LogP contribution in [0.4, 0.5) is 8.78 Å². The van der Waals surface area contributed by atoms with Gasteiger partial charge >= 0.3 is 0 Å². The smallest absolute Gasteiger partial charge is 0.237 e. The molecule has 0 aromatic heterocycles. The Balaban J connectivity index is 2.65. The largest absolute Gasteiger partial charge is 0.353 e. The van der Waals surface area contributed by atoms with E-state index in [0.29, 0.717) is 5.56 Å². The predicted molar refractivity (Wildman–Crippen MR) is 70.6 cm³/mol. The molecule has 0 unspecified atom stereocenters. The van der Waals surface area contributed by atoms with Gasteiger partial charge in [0.1, 0.15) is 0 Å². The molecule has 0 aliphatic heterocycles. The van der Waals surface area contributed by atoms with Crippen LogP contribution in [0.5, 0.6) is 0 Å². The van der Waals surface area contributed by atoms with Crippen LogP contribution in [0.1, 0.15) is 39.3 Å². The Morgan fingerprint density at radius 3 is 2.26 bits per heavy atom. The average Bonchev–Trinajstić information content (AvgIpc) is 2.31. The van der Waals surface area contributed by atoms with Crippen molar-refractivity contribution >= 4 is 5.91 Å². The number of amides is 1. The molecule has 0 heterocycles. The average molecular weight is 270 g/mol. The topological polar surface area (TPSA) is 41.1 Å². The predicted octanol–water partition coefficient (Wildman–Crippen LogP) is 2.53. The van der Waals surface area contributed by atoms with Crippen molar-refractivity contribution in [1.82, 2.24) is 10.6 Å². The summed E-state index contributed by atoms with van der Waals surface area (Å²) in [5.41, 5.74) is 0.600. The van der Waals surface area contributed by atoms with Gasteiger partial charge in [0.2, 0.25) is 5.91 Å². The summed E-state index contributed by atoms with van der Waals surface area (Å²) in [6, 6.07) is 3.13. The zero-order valence-electron chi connectivity index (χ0n) is 11.6. The van der Waals surface area contributed by atoms with Gasteiger partial charge in [-0.2, -0.15) is 0 Å². The van der Waals surface area contributed by atoms with Gasteiger partial charge in [0.15, 0.2) is 11.6 Å². The number of carbonyl (C=O) groups is 1. The van der Waals surface area contributed by atoms with Crippen LogP contribution < -0.4 is 10.6 Å². The van der Waals surface area contributed by atoms with Crippen molar-refractivity contribution in [3.05, 3.63) is 35.4 Å². The summed E-state index contributed by atoms with van der Waals surface area (Å²) >= 11 is 0. The van der Waals surface area contributed by atoms with Crippen molar-refractivity contribution in [2.24, 2.45) is 0 Å². The molecule has 0 aliphatic carbocycles. The molecule has 0 spiro atoms. The minimum absolute atomic E-state index is 0.0651. The molecule has 106 valence electrons. The molecule has 2 N–H and O–H groups in total. The van der Waals surface area contributed by atoms with Crippen LogP contribution in [0.3, 0.4) is 0 Å². The quantitative estimate of drug-likeness (QED) is 0.863. The highest BCUT2D eigenvalue weighted by atomic mass is 19.2. The van der Waals surface area contributed by atoms with Crippen molar-refractivity contribution in [3.63, 3.8) is 0 Å². The fraction of sp³-hybridized carbons (Fsp3) is 0.500. The van der Waals surface area contributed by atoms with Crippen LogP contribution in [0.2, 0.25) is 0 Å². The second-order valence-corrected chi connectivity index (χ2v) is 4.95. The summed E-state index contributed by atoms with van der Waals surface area (Å²) in [5, 5.41) is 5.83. The summed E-state index contributed by atoms with van der Waals surface area (Å²) in [4.78, 5) is 11.7. The first-order valence-electron chi connectivity index (χ1n) is 6.32. The van der Waals surface area contributed by atoms with Crippen LogP contribution in [0.25, 0.3) is 0 Å². The van der Waals surface area contributed by atoms with E-state index in [-0.39, 0.29) is 18.0 Å². The normalized spacial score (nSPS) is 14.3. The second-order valence-electron chi connectivity index (χ2n) is 4.95. The van der Waals surface area contributed by atoms with Gasteiger partial charge in [-0.25, -0.2) is 8.78 Å². The number of carbonyl (C=O) groups excluding carboxylic acids is 1. The van der Waals surface area contributed by atoms with E-state index >= 15 is 0 Å². The van der Waals surface area contributed by atoms with Crippen LogP contribution in [0, 0.1) is 11.6 Å². The Hall–Kier alpha value is -1.49. The molecule has 1 aromatic rings. The van der Waals surface area contributed by atoms with Crippen LogP contribution in [-0.2, 0) is 4.79 Å². The number of rotatable bonds is 5. The van der Waals surface area contributed by atoms with Crippen molar-refractivity contribution in [3.8, 4) is 0 Å². The van der Waals surface area contributed by atoms with Gasteiger partial charge in [-0.15, -0.1) is 0 Å². The molecule has 5 heteroatoms. The maximum Gasteiger partial charge on any atom is 0.237 e. The molecule has 19 heavy (non-hydrogen) atoms. The third kappa shape index (κ3) is 4.59. The van der Waals surface area contributed by atoms with Gasteiger partial charge in [-0.3, -0.25) is 10.1 Å². The molecular formula is C14H20F2N2O. The molecule has 1 amide bonds. The van der Waals surface area contributed by atoms with Gasteiger partial charge in [0, 0.05) is 12.1 Å². The van der Waals surface area contributed by atoms with E-state index in [9.17, 15) is 13.6 Å². The standard InChI is InChI=1S/C14H20F2N2O/c1-8(2)17-14(19)10(4)18-9(3)11-5-6-12(15)13(16)7-11/h5-10,18H,1-4H3,(H,17,19)/t9-,10-/m1/s1. The summed E-state index contributed by atoms with van der Waals surface area (Å²) in [6.07, 6.45) is 0. The van der Waals surface area contributed by atoms with Crippen molar-refractivity contribution in [1.29, 1.82) is 0 Å². The number of halogens is 2. The van der Waals surface area contributed by atoms with E-state index in [1.54, 1.807) is 13.8 Å². The van der Waals surface area contributed by atoms with Gasteiger partial charge in [0.05, 0.1) is 6.04 Å². The zero-order valence-corrected chi connectivity index (χ0v) is 11.6. The first-order valence-corrected chi connectivity index (χ1v) is 6.32. The lowest BCUT2D eigenvalue weighted by atomic mass is 10.1. The fourth-order valence-corrected chi connectivity index (χ4v) is 1.74. The lowest BCUT2D eigenvalue weighted by Gasteiger charge is -2.21. The van der Waals surface area contributed by atoms with E-state index in [0.717, 1.165) is 12.1 Å². The van der Waals surface area contributed by atoms with Crippen LogP contribution in [0.15, 0.2) is 18.2 Å². The van der Waals surface area contributed by atoms with Gasteiger partial charge in [0.25, 0.3) is 0 Å². The number of nitrogens with one attached hydrogen (secondary N) is 2. The zero-order chi connectivity index (χ0) is 14.6. The highest BCUT2D eigenvalue weighted by molar-refractivity contribution is 5.81. The summed E-state index contributed by atoms with van der Waals surface area (Å²) in [6.45, 7) is 7.28. The lowest BCUT2D eigenvalue weighted by molar-refractivity contribution is -0.123. The summed E-state index contributed by atoms with van der Waals surface area (Å²) in [7, 11) is 0. The maximum atomic E-state index is 13.1. The first kappa shape index (κ1) is 15.6. The summed E-state index contributed by atoms with van der Waals surface area (Å²) in [5.74, 6) is -1.88. The molecule has 0 fully saturated rings. The van der Waals surface area contributed by atoms with Gasteiger partial charge in [-0.05, 0) is 45.4 Å². The molecule has 2 atom stereocenters. The monoisotopic (exact) mass is 270 g/mol. The lowest BCUT2D eigenvalue weighted by Crippen LogP contribution is -2.45. The Labute approximate surface area is 112 Å². The molecule has 1 aromatic carbocycles. The molecule has 0 aliphatic rings. The third-order valence-electron chi connectivity index (χ3n) is 2.77. The molecule has 0 bridgehead atoms. The summed E-state index contributed by atoms with van der Waals surface area (Å²) < 4.78 is 26.0. The van der Waals surface area contributed by atoms with Gasteiger partial charge < -0.3 is 5.32 Å². The Morgan fingerprint density at radius 2 is 1.74 bits per heavy atom. The molecule has 0 saturated carbocycles. The Kier molecular flexibility index (Phi) is 5.42. The van der Waals surface area contributed by atoms with Crippen LogP contribution in [-0.4, -0.2) is 18.0 Å². The maximum absolute atomic E-state index is 13.1. The molecular weight excluding hydrogens is 250 g/mol. The minimum atomic E-state index is -0.884. The van der Waals surface area contributed by atoms with Crippen LogP contribution >= 0.6 is 0 Å². The SMILES string of the molecule is CC(C)NC(=O)[C@@H](C)N[C@H](C)c1ccc(F)c(F)c1. The molecule has 0 saturated heterocycles. The molecule has 1 rings (SSSR count).